The van der Waals surface area contributed by atoms with E-state index in [-0.39, 0.29) is 5.82 Å². The van der Waals surface area contributed by atoms with Gasteiger partial charge in [0.1, 0.15) is 5.82 Å². The molecule has 2 heteroatoms. The van der Waals surface area contributed by atoms with Gasteiger partial charge in [-0.25, -0.2) is 4.39 Å². The van der Waals surface area contributed by atoms with Gasteiger partial charge in [0.05, 0.1) is 5.54 Å². The van der Waals surface area contributed by atoms with Gasteiger partial charge in [-0.2, -0.15) is 0 Å². The fraction of sp³-hybridized carbons (Fsp3) is 0.400. The van der Waals surface area contributed by atoms with Gasteiger partial charge in [0.2, 0.25) is 0 Å². The molecular formula is C20H24FN. The maximum absolute atomic E-state index is 13.6. The maximum Gasteiger partial charge on any atom is 0.126 e. The van der Waals surface area contributed by atoms with Crippen LogP contribution in [0.2, 0.25) is 0 Å². The first kappa shape index (κ1) is 15.2. The van der Waals surface area contributed by atoms with Gasteiger partial charge in [-0.3, -0.25) is 0 Å². The van der Waals surface area contributed by atoms with Crippen LogP contribution in [-0.4, -0.2) is 0 Å². The Morgan fingerprint density at radius 3 is 2.45 bits per heavy atom. The summed E-state index contributed by atoms with van der Waals surface area (Å²) in [5.74, 6) is 0.659. The van der Waals surface area contributed by atoms with Crippen molar-refractivity contribution in [3.8, 4) is 0 Å². The van der Waals surface area contributed by atoms with Crippen LogP contribution in [-0.2, 0) is 5.54 Å². The zero-order valence-corrected chi connectivity index (χ0v) is 13.4. The molecule has 22 heavy (non-hydrogen) atoms. The first-order chi connectivity index (χ1) is 10.5. The summed E-state index contributed by atoms with van der Waals surface area (Å²) in [7, 11) is 0. The second kappa shape index (κ2) is 5.85. The molecule has 0 amide bonds. The average Bonchev–Trinajstić information content (AvgIpc) is 3.32. The third-order valence-corrected chi connectivity index (χ3v) is 4.85. The van der Waals surface area contributed by atoms with E-state index in [4.69, 9.17) is 5.73 Å². The Kier molecular flexibility index (Phi) is 4.05. The molecule has 0 aliphatic heterocycles. The first-order valence-electron chi connectivity index (χ1n) is 8.12. The second-order valence-electron chi connectivity index (χ2n) is 6.79. The highest BCUT2D eigenvalue weighted by molar-refractivity contribution is 5.41. The molecule has 3 rings (SSSR count). The van der Waals surface area contributed by atoms with Gasteiger partial charge < -0.3 is 5.73 Å². The number of benzene rings is 2. The van der Waals surface area contributed by atoms with Gasteiger partial charge >= 0.3 is 0 Å². The molecule has 0 bridgehead atoms. The van der Waals surface area contributed by atoms with Crippen molar-refractivity contribution in [2.75, 3.05) is 0 Å². The number of hydrogen-bond donors (Lipinski definition) is 1. The molecule has 0 heterocycles. The molecule has 2 aromatic carbocycles. The Bertz CT molecular complexity index is 675. The molecule has 1 fully saturated rings. The summed E-state index contributed by atoms with van der Waals surface area (Å²) in [4.78, 5) is 0. The van der Waals surface area contributed by atoms with E-state index in [0.717, 1.165) is 29.9 Å². The van der Waals surface area contributed by atoms with Crippen molar-refractivity contribution < 1.29 is 4.39 Å². The molecule has 1 aliphatic rings. The fourth-order valence-electron chi connectivity index (χ4n) is 3.14. The van der Waals surface area contributed by atoms with E-state index >= 15 is 0 Å². The van der Waals surface area contributed by atoms with Crippen LogP contribution in [0.5, 0.6) is 0 Å². The highest BCUT2D eigenvalue weighted by Crippen LogP contribution is 2.40. The van der Waals surface area contributed by atoms with Gasteiger partial charge in [0, 0.05) is 0 Å². The number of rotatable bonds is 5. The van der Waals surface area contributed by atoms with E-state index in [1.54, 1.807) is 13.0 Å². The van der Waals surface area contributed by atoms with E-state index in [0.29, 0.717) is 5.56 Å². The predicted octanol–water partition coefficient (Wildman–Crippen LogP) is 4.84. The van der Waals surface area contributed by atoms with Crippen LogP contribution in [0.1, 0.15) is 47.9 Å². The van der Waals surface area contributed by atoms with Crippen LogP contribution >= 0.6 is 0 Å². The van der Waals surface area contributed by atoms with E-state index in [9.17, 15) is 4.39 Å². The van der Waals surface area contributed by atoms with Crippen LogP contribution in [0.4, 0.5) is 4.39 Å². The molecule has 1 aliphatic carbocycles. The summed E-state index contributed by atoms with van der Waals surface area (Å²) in [6, 6.07) is 13.7. The van der Waals surface area contributed by atoms with Crippen molar-refractivity contribution >= 4 is 0 Å². The highest BCUT2D eigenvalue weighted by Gasteiger charge is 2.33. The van der Waals surface area contributed by atoms with Gasteiger partial charge in [-0.1, -0.05) is 54.8 Å². The van der Waals surface area contributed by atoms with E-state index < -0.39 is 5.54 Å². The topological polar surface area (TPSA) is 26.0 Å². The Morgan fingerprint density at radius 1 is 1.09 bits per heavy atom. The molecule has 0 radical (unpaired) electrons. The largest absolute Gasteiger partial charge is 0.318 e. The molecule has 0 saturated heterocycles. The summed E-state index contributed by atoms with van der Waals surface area (Å²) < 4.78 is 13.6. The Morgan fingerprint density at radius 2 is 1.82 bits per heavy atom. The SMILES string of the molecule is Cc1cccc(C(N)(CCC2CC2)c2ccc(F)c(C)c2)c1. The van der Waals surface area contributed by atoms with Gasteiger partial charge in [-0.05, 0) is 55.4 Å². The van der Waals surface area contributed by atoms with Crippen LogP contribution < -0.4 is 5.73 Å². The minimum Gasteiger partial charge on any atom is -0.318 e. The quantitative estimate of drug-likeness (QED) is 0.840. The van der Waals surface area contributed by atoms with Crippen molar-refractivity contribution in [2.24, 2.45) is 11.7 Å². The standard InChI is InChI=1S/C20H24FN/c1-14-4-3-5-17(12-14)20(22,11-10-16-6-7-16)18-8-9-19(21)15(2)13-18/h3-5,8-9,12-13,16H,6-7,10-11,22H2,1-2H3. The second-order valence-corrected chi connectivity index (χ2v) is 6.79. The lowest BCUT2D eigenvalue weighted by Crippen LogP contribution is -2.38. The molecule has 0 spiro atoms. The molecule has 1 atom stereocenters. The van der Waals surface area contributed by atoms with Crippen molar-refractivity contribution in [1.29, 1.82) is 0 Å². The normalized spacial score (nSPS) is 17.3. The lowest BCUT2D eigenvalue weighted by atomic mass is 9.78. The third-order valence-electron chi connectivity index (χ3n) is 4.85. The third kappa shape index (κ3) is 3.07. The van der Waals surface area contributed by atoms with Crippen LogP contribution in [0.3, 0.4) is 0 Å². The molecule has 1 unspecified atom stereocenters. The summed E-state index contributed by atoms with van der Waals surface area (Å²) in [5, 5.41) is 0. The Balaban J connectivity index is 2.02. The highest BCUT2D eigenvalue weighted by atomic mass is 19.1. The Labute approximate surface area is 132 Å². The van der Waals surface area contributed by atoms with E-state index in [1.165, 1.54) is 18.4 Å². The zero-order valence-electron chi connectivity index (χ0n) is 13.4. The molecule has 1 nitrogen and oxygen atoms in total. The number of nitrogens with two attached hydrogens (primary N) is 1. The molecule has 2 N–H and O–H groups in total. The van der Waals surface area contributed by atoms with Crippen molar-refractivity contribution in [3.63, 3.8) is 0 Å². The number of halogens is 1. The minimum atomic E-state index is -0.535. The molecule has 116 valence electrons. The molecular weight excluding hydrogens is 273 g/mol. The van der Waals surface area contributed by atoms with Gasteiger partial charge in [-0.15, -0.1) is 0 Å². The van der Waals surface area contributed by atoms with Crippen molar-refractivity contribution in [3.05, 3.63) is 70.5 Å². The van der Waals surface area contributed by atoms with E-state index in [2.05, 4.69) is 31.2 Å². The minimum absolute atomic E-state index is 0.169. The molecule has 0 aromatic heterocycles. The fourth-order valence-corrected chi connectivity index (χ4v) is 3.14. The summed E-state index contributed by atoms with van der Waals surface area (Å²) in [6.07, 6.45) is 4.70. The summed E-state index contributed by atoms with van der Waals surface area (Å²) in [5.41, 5.74) is 10.3. The van der Waals surface area contributed by atoms with Gasteiger partial charge in [0.15, 0.2) is 0 Å². The van der Waals surface area contributed by atoms with E-state index in [1.807, 2.05) is 12.1 Å². The molecule has 1 saturated carbocycles. The molecule has 2 aromatic rings. The lowest BCUT2D eigenvalue weighted by molar-refractivity contribution is 0.454. The van der Waals surface area contributed by atoms with Crippen LogP contribution in [0.25, 0.3) is 0 Å². The van der Waals surface area contributed by atoms with Crippen LogP contribution in [0.15, 0.2) is 42.5 Å². The zero-order chi connectivity index (χ0) is 15.7. The van der Waals surface area contributed by atoms with Crippen molar-refractivity contribution in [1.82, 2.24) is 0 Å². The lowest BCUT2D eigenvalue weighted by Gasteiger charge is -2.32. The monoisotopic (exact) mass is 297 g/mol. The maximum atomic E-state index is 13.6. The first-order valence-corrected chi connectivity index (χ1v) is 8.12. The number of aryl methyl sites for hydroxylation is 2. The van der Waals surface area contributed by atoms with Gasteiger partial charge in [0.25, 0.3) is 0 Å². The smallest absolute Gasteiger partial charge is 0.126 e. The predicted molar refractivity (Wildman–Crippen MR) is 89.2 cm³/mol. The summed E-state index contributed by atoms with van der Waals surface area (Å²) in [6.45, 7) is 3.89. The average molecular weight is 297 g/mol. The Hall–Kier alpha value is -1.67. The van der Waals surface area contributed by atoms with Crippen LogP contribution in [0, 0.1) is 25.6 Å². The number of hydrogen-bond acceptors (Lipinski definition) is 1. The van der Waals surface area contributed by atoms with Crippen molar-refractivity contribution in [2.45, 2.75) is 45.1 Å². The summed E-state index contributed by atoms with van der Waals surface area (Å²) >= 11 is 0.